The number of para-hydroxylation sites is 2. The van der Waals surface area contributed by atoms with E-state index < -0.39 is 84.8 Å². The molecule has 1 saturated carbocycles. The van der Waals surface area contributed by atoms with Crippen LogP contribution in [0.4, 0.5) is 0 Å². The number of carbonyl (C=O) groups is 6. The highest BCUT2D eigenvalue weighted by Crippen LogP contribution is 2.50. The second-order valence-corrected chi connectivity index (χ2v) is 16.1. The molecule has 0 aromatic heterocycles. The van der Waals surface area contributed by atoms with Crippen molar-refractivity contribution in [3.8, 4) is 23.0 Å². The number of ether oxygens (including phenoxy) is 6. The largest absolute Gasteiger partial charge is 0.457 e. The molecule has 340 valence electrons. The molecule has 1 fully saturated rings. The molecule has 4 aromatic carbocycles. The Labute approximate surface area is 374 Å². The minimum absolute atomic E-state index is 0.111. The summed E-state index contributed by atoms with van der Waals surface area (Å²) in [7, 11) is 0. The smallest absolute Gasteiger partial charge is 0.313 e. The molecule has 64 heavy (non-hydrogen) atoms. The van der Waals surface area contributed by atoms with Crippen LogP contribution in [0.5, 0.6) is 23.0 Å². The zero-order valence-electron chi connectivity index (χ0n) is 37.3. The quantitative estimate of drug-likeness (QED) is 0.0549. The molecular formula is C50H58N2O12. The molecule has 14 heteroatoms. The van der Waals surface area contributed by atoms with Crippen LogP contribution in [-0.4, -0.2) is 72.2 Å². The van der Waals surface area contributed by atoms with Gasteiger partial charge in [0.05, 0.1) is 35.5 Å². The van der Waals surface area contributed by atoms with Gasteiger partial charge in [0.25, 0.3) is 0 Å². The van der Waals surface area contributed by atoms with Gasteiger partial charge in [0.2, 0.25) is 25.4 Å². The first kappa shape index (κ1) is 48.3. The third kappa shape index (κ3) is 13.2. The molecule has 0 spiro atoms. The molecule has 4 aromatic rings. The molecule has 5 rings (SSSR count). The predicted molar refractivity (Wildman–Crippen MR) is 235 cm³/mol. The molecule has 0 radical (unpaired) electrons. The molecule has 0 saturated heterocycles. The fourth-order valence-electron chi connectivity index (χ4n) is 7.28. The second-order valence-electron chi connectivity index (χ2n) is 16.1. The van der Waals surface area contributed by atoms with E-state index in [0.29, 0.717) is 35.8 Å². The Morgan fingerprint density at radius 2 is 0.781 bits per heavy atom. The van der Waals surface area contributed by atoms with Gasteiger partial charge in [-0.2, -0.15) is 0 Å². The van der Waals surface area contributed by atoms with E-state index >= 15 is 9.59 Å². The summed E-state index contributed by atoms with van der Waals surface area (Å²) in [5, 5.41) is 0. The fourth-order valence-corrected chi connectivity index (χ4v) is 7.28. The Kier molecular flexibility index (Phi) is 17.9. The Hall–Kier alpha value is -6.70. The molecule has 1 aliphatic rings. The summed E-state index contributed by atoms with van der Waals surface area (Å²) < 4.78 is 33.0. The maximum atomic E-state index is 15.0. The predicted octanol–water partition coefficient (Wildman–Crippen LogP) is 8.33. The van der Waals surface area contributed by atoms with Crippen LogP contribution in [-0.2, 0) is 60.8 Å². The van der Waals surface area contributed by atoms with Crippen molar-refractivity contribution in [2.75, 3.05) is 26.7 Å². The normalized spacial score (nSPS) is 16.5. The summed E-state index contributed by atoms with van der Waals surface area (Å²) in [6.07, 6.45) is 1.07. The Morgan fingerprint density at radius 3 is 1.09 bits per heavy atom. The summed E-state index contributed by atoms with van der Waals surface area (Å²) >= 11 is 0. The molecule has 1 aliphatic carbocycles. The monoisotopic (exact) mass is 878 g/mol. The standard InChI is InChI=1S/C50H58N2O12/c1-7-27-51(29-35-19-23-39(24-20-35)63-37-15-11-9-12-16-37)45(53)41-42(46(54)52(28-8-2)30-36-21-25-40(26-22-36)64-38-17-13-10-14-18-38)44(50(58)62-32-60-48(56)34(5)6)43(41)49(57)61-31-59-47(55)33(3)4/h9-26,33-34,41-44H,7-8,27-32H2,1-6H3/t41-,42-,43-,44-/m1/s1. The zero-order valence-corrected chi connectivity index (χ0v) is 37.3. The number of hydrogen-bond donors (Lipinski definition) is 0. The zero-order chi connectivity index (χ0) is 46.2. The number of hydrogen-bond acceptors (Lipinski definition) is 12. The number of esters is 4. The van der Waals surface area contributed by atoms with Crippen LogP contribution >= 0.6 is 0 Å². The van der Waals surface area contributed by atoms with Crippen molar-refractivity contribution in [1.29, 1.82) is 0 Å². The van der Waals surface area contributed by atoms with E-state index in [4.69, 9.17) is 28.4 Å². The lowest BCUT2D eigenvalue weighted by Gasteiger charge is -2.49. The maximum Gasteiger partial charge on any atom is 0.313 e. The van der Waals surface area contributed by atoms with Crippen molar-refractivity contribution in [3.63, 3.8) is 0 Å². The van der Waals surface area contributed by atoms with Gasteiger partial charge in [0, 0.05) is 26.2 Å². The second kappa shape index (κ2) is 23.7. The van der Waals surface area contributed by atoms with Crippen molar-refractivity contribution < 1.29 is 57.2 Å². The third-order valence-corrected chi connectivity index (χ3v) is 10.6. The van der Waals surface area contributed by atoms with Gasteiger partial charge in [-0.3, -0.25) is 28.8 Å². The van der Waals surface area contributed by atoms with Gasteiger partial charge in [0.1, 0.15) is 23.0 Å². The first-order chi connectivity index (χ1) is 30.8. The first-order valence-electron chi connectivity index (χ1n) is 21.7. The SMILES string of the molecule is CCCN(Cc1ccc(Oc2ccccc2)cc1)C(=O)[C@H]1[C@@H](C(=O)OCOC(=O)C(C)C)[C@H](C(=O)OCOC(=O)C(C)C)[C@@H]1C(=O)N(CCC)Cc1ccc(Oc2ccccc2)cc1. The molecule has 0 heterocycles. The summed E-state index contributed by atoms with van der Waals surface area (Å²) in [5.74, 6) is -8.79. The average molecular weight is 879 g/mol. The van der Waals surface area contributed by atoms with E-state index in [0.717, 1.165) is 11.1 Å². The van der Waals surface area contributed by atoms with E-state index in [1.54, 1.807) is 61.8 Å². The molecule has 0 aliphatic heterocycles. The van der Waals surface area contributed by atoms with Gasteiger partial charge >= 0.3 is 23.9 Å². The lowest BCUT2D eigenvalue weighted by molar-refractivity contribution is -0.203. The van der Waals surface area contributed by atoms with Gasteiger partial charge in [0.15, 0.2) is 0 Å². The van der Waals surface area contributed by atoms with Crippen LogP contribution in [0, 0.1) is 35.5 Å². The summed E-state index contributed by atoms with van der Waals surface area (Å²) in [4.78, 5) is 85.8. The number of amides is 2. The average Bonchev–Trinajstić information content (AvgIpc) is 3.27. The lowest BCUT2D eigenvalue weighted by Crippen LogP contribution is -2.64. The van der Waals surface area contributed by atoms with Crippen LogP contribution in [0.25, 0.3) is 0 Å². The van der Waals surface area contributed by atoms with E-state index in [2.05, 4.69) is 0 Å². The van der Waals surface area contributed by atoms with Gasteiger partial charge in [-0.1, -0.05) is 102 Å². The summed E-state index contributed by atoms with van der Waals surface area (Å²) in [6.45, 7) is 9.41. The maximum absolute atomic E-state index is 15.0. The van der Waals surface area contributed by atoms with Crippen LogP contribution in [0.2, 0.25) is 0 Å². The van der Waals surface area contributed by atoms with Gasteiger partial charge in [-0.05, 0) is 72.5 Å². The highest BCUT2D eigenvalue weighted by atomic mass is 16.7. The highest BCUT2D eigenvalue weighted by Gasteiger charge is 2.65. The Balaban J connectivity index is 1.47. The molecule has 14 nitrogen and oxygen atoms in total. The molecule has 2 amide bonds. The van der Waals surface area contributed by atoms with Crippen molar-refractivity contribution in [3.05, 3.63) is 120 Å². The number of nitrogens with zero attached hydrogens (tertiary/aromatic N) is 2. The topological polar surface area (TPSA) is 164 Å². The lowest BCUT2D eigenvalue weighted by atomic mass is 9.55. The van der Waals surface area contributed by atoms with E-state index in [-0.39, 0.29) is 26.2 Å². The Bertz CT molecular complexity index is 2010. The van der Waals surface area contributed by atoms with E-state index in [1.165, 1.54) is 0 Å². The first-order valence-corrected chi connectivity index (χ1v) is 21.7. The van der Waals surface area contributed by atoms with Gasteiger partial charge in [-0.25, -0.2) is 0 Å². The van der Waals surface area contributed by atoms with Crippen LogP contribution in [0.1, 0.15) is 65.5 Å². The third-order valence-electron chi connectivity index (χ3n) is 10.6. The minimum Gasteiger partial charge on any atom is -0.457 e. The molecule has 0 N–H and O–H groups in total. The number of benzene rings is 4. The minimum atomic E-state index is -1.52. The number of rotatable bonds is 22. The highest BCUT2D eigenvalue weighted by molar-refractivity contribution is 6.00. The van der Waals surface area contributed by atoms with Crippen LogP contribution in [0.3, 0.4) is 0 Å². The summed E-state index contributed by atoms with van der Waals surface area (Å²) in [6, 6.07) is 33.0. The van der Waals surface area contributed by atoms with Crippen molar-refractivity contribution >= 4 is 35.7 Å². The van der Waals surface area contributed by atoms with Crippen LogP contribution < -0.4 is 9.47 Å². The molecular weight excluding hydrogens is 821 g/mol. The van der Waals surface area contributed by atoms with E-state index in [9.17, 15) is 19.2 Å². The van der Waals surface area contributed by atoms with Crippen molar-refractivity contribution in [2.45, 2.75) is 67.5 Å². The molecule has 0 bridgehead atoms. The van der Waals surface area contributed by atoms with Crippen molar-refractivity contribution in [1.82, 2.24) is 9.80 Å². The summed E-state index contributed by atoms with van der Waals surface area (Å²) in [5.41, 5.74) is 1.50. The van der Waals surface area contributed by atoms with E-state index in [1.807, 2.05) is 98.8 Å². The van der Waals surface area contributed by atoms with Gasteiger partial charge in [-0.15, -0.1) is 0 Å². The van der Waals surface area contributed by atoms with Crippen LogP contribution in [0.15, 0.2) is 109 Å². The molecule has 0 unspecified atom stereocenters. The fraction of sp³-hybridized carbons (Fsp3) is 0.400. The van der Waals surface area contributed by atoms with Crippen molar-refractivity contribution in [2.24, 2.45) is 35.5 Å². The van der Waals surface area contributed by atoms with Gasteiger partial charge < -0.3 is 38.2 Å². The Morgan fingerprint density at radius 1 is 0.453 bits per heavy atom. The number of carbonyl (C=O) groups excluding carboxylic acids is 6. The molecule has 4 atom stereocenters.